The summed E-state index contributed by atoms with van der Waals surface area (Å²) in [6.07, 6.45) is 4.19. The molecule has 0 aromatic carbocycles. The van der Waals surface area contributed by atoms with Crippen molar-refractivity contribution in [3.63, 3.8) is 0 Å². The zero-order chi connectivity index (χ0) is 13.0. The summed E-state index contributed by atoms with van der Waals surface area (Å²) in [7, 11) is 0. The smallest absolute Gasteiger partial charge is 0.174 e. The lowest BCUT2D eigenvalue weighted by molar-refractivity contribution is -0.135. The quantitative estimate of drug-likeness (QED) is 0.673. The first kappa shape index (κ1) is 13.2. The van der Waals surface area contributed by atoms with Gasteiger partial charge >= 0.3 is 0 Å². The third-order valence-corrected chi connectivity index (χ3v) is 2.62. The van der Waals surface area contributed by atoms with E-state index in [1.807, 2.05) is 0 Å². The molecule has 0 heterocycles. The van der Waals surface area contributed by atoms with Crippen molar-refractivity contribution in [2.24, 2.45) is 5.92 Å². The molecule has 17 heavy (non-hydrogen) atoms. The van der Waals surface area contributed by atoms with Crippen LogP contribution in [0.3, 0.4) is 0 Å². The van der Waals surface area contributed by atoms with Crippen LogP contribution >= 0.6 is 0 Å². The van der Waals surface area contributed by atoms with Crippen LogP contribution in [0.2, 0.25) is 0 Å². The maximum atomic E-state index is 11.8. The third kappa shape index (κ3) is 3.06. The lowest BCUT2D eigenvalue weighted by Gasteiger charge is -2.06. The van der Waals surface area contributed by atoms with Crippen LogP contribution in [-0.4, -0.2) is 23.1 Å². The zero-order valence-electron chi connectivity index (χ0n) is 9.86. The Balaban J connectivity index is 3.22. The van der Waals surface area contributed by atoms with Crippen LogP contribution in [-0.2, 0) is 19.2 Å². The van der Waals surface area contributed by atoms with Crippen LogP contribution in [0.5, 0.6) is 0 Å². The van der Waals surface area contributed by atoms with Gasteiger partial charge in [0, 0.05) is 6.42 Å². The van der Waals surface area contributed by atoms with Crippen LogP contribution in [0.1, 0.15) is 26.7 Å². The Bertz CT molecular complexity index is 440. The average molecular weight is 234 g/mol. The second kappa shape index (κ2) is 5.48. The molecule has 1 unspecified atom stereocenters. The van der Waals surface area contributed by atoms with Crippen LogP contribution in [0.15, 0.2) is 23.8 Å². The van der Waals surface area contributed by atoms with Crippen LogP contribution < -0.4 is 0 Å². The fourth-order valence-electron chi connectivity index (χ4n) is 1.69. The SMILES string of the molecule is CC/C1=C/C(=O)C(C(C)=O)C(=O)/C=C/CC1=O. The van der Waals surface area contributed by atoms with Gasteiger partial charge in [-0.25, -0.2) is 0 Å². The molecule has 0 fully saturated rings. The molecule has 1 atom stereocenters. The number of hydrogen-bond donors (Lipinski definition) is 0. The first-order valence-corrected chi connectivity index (χ1v) is 5.45. The molecule has 1 aliphatic carbocycles. The second-order valence-corrected chi connectivity index (χ2v) is 3.90. The Morgan fingerprint density at radius 3 is 2.47 bits per heavy atom. The topological polar surface area (TPSA) is 68.3 Å². The molecule has 0 aliphatic heterocycles. The molecule has 4 nitrogen and oxygen atoms in total. The first-order chi connectivity index (χ1) is 7.97. The van der Waals surface area contributed by atoms with Crippen molar-refractivity contribution in [3.05, 3.63) is 23.8 Å². The highest BCUT2D eigenvalue weighted by Crippen LogP contribution is 2.14. The van der Waals surface area contributed by atoms with E-state index in [9.17, 15) is 19.2 Å². The average Bonchev–Trinajstić information content (AvgIpc) is 2.28. The van der Waals surface area contributed by atoms with Gasteiger partial charge in [-0.15, -0.1) is 0 Å². The molecule has 0 radical (unpaired) electrons. The summed E-state index contributed by atoms with van der Waals surface area (Å²) < 4.78 is 0. The van der Waals surface area contributed by atoms with Gasteiger partial charge < -0.3 is 0 Å². The van der Waals surface area contributed by atoms with E-state index >= 15 is 0 Å². The minimum absolute atomic E-state index is 0.0866. The van der Waals surface area contributed by atoms with E-state index in [-0.39, 0.29) is 12.2 Å². The van der Waals surface area contributed by atoms with Crippen molar-refractivity contribution in [1.82, 2.24) is 0 Å². The van der Waals surface area contributed by atoms with Crippen molar-refractivity contribution >= 4 is 23.1 Å². The van der Waals surface area contributed by atoms with Crippen LogP contribution in [0.4, 0.5) is 0 Å². The summed E-state index contributed by atoms with van der Waals surface area (Å²) in [5, 5.41) is 0. The molecule has 1 rings (SSSR count). The van der Waals surface area contributed by atoms with Gasteiger partial charge in [0.15, 0.2) is 17.3 Å². The van der Waals surface area contributed by atoms with Gasteiger partial charge in [-0.1, -0.05) is 13.0 Å². The fourth-order valence-corrected chi connectivity index (χ4v) is 1.69. The van der Waals surface area contributed by atoms with Gasteiger partial charge in [-0.05, 0) is 31.1 Å². The maximum absolute atomic E-state index is 11.8. The predicted octanol–water partition coefficient (Wildman–Crippen LogP) is 1.20. The molecule has 4 heteroatoms. The summed E-state index contributed by atoms with van der Waals surface area (Å²) in [5.74, 6) is -3.12. The minimum Gasteiger partial charge on any atom is -0.299 e. The lowest BCUT2D eigenvalue weighted by atomic mass is 9.93. The summed E-state index contributed by atoms with van der Waals surface area (Å²) in [6, 6.07) is 0. The summed E-state index contributed by atoms with van der Waals surface area (Å²) in [6.45, 7) is 2.96. The minimum atomic E-state index is -1.29. The van der Waals surface area contributed by atoms with E-state index < -0.39 is 23.3 Å². The predicted molar refractivity (Wildman–Crippen MR) is 61.3 cm³/mol. The van der Waals surface area contributed by atoms with Gasteiger partial charge in [-0.3, -0.25) is 19.2 Å². The zero-order valence-corrected chi connectivity index (χ0v) is 9.86. The monoisotopic (exact) mass is 234 g/mol. The number of hydrogen-bond acceptors (Lipinski definition) is 4. The molecular formula is C13H14O4. The molecule has 0 N–H and O–H groups in total. The molecule has 0 amide bonds. The molecule has 0 bridgehead atoms. The van der Waals surface area contributed by atoms with Crippen molar-refractivity contribution in [2.45, 2.75) is 26.7 Å². The van der Waals surface area contributed by atoms with Gasteiger partial charge in [0.05, 0.1) is 0 Å². The molecule has 0 saturated heterocycles. The number of Topliss-reactive ketones (excluding diaryl/α,β-unsaturated/α-hetero) is 2. The maximum Gasteiger partial charge on any atom is 0.174 e. The Morgan fingerprint density at radius 1 is 1.29 bits per heavy atom. The van der Waals surface area contributed by atoms with Crippen molar-refractivity contribution in [1.29, 1.82) is 0 Å². The number of ketones is 4. The highest BCUT2D eigenvalue weighted by Gasteiger charge is 2.29. The Kier molecular flexibility index (Phi) is 4.26. The van der Waals surface area contributed by atoms with Crippen LogP contribution in [0, 0.1) is 5.92 Å². The molecule has 0 saturated carbocycles. The number of carbonyl (C=O) groups excluding carboxylic acids is 4. The van der Waals surface area contributed by atoms with Gasteiger partial charge in [0.25, 0.3) is 0 Å². The van der Waals surface area contributed by atoms with Gasteiger partial charge in [0.1, 0.15) is 11.7 Å². The van der Waals surface area contributed by atoms with E-state index in [1.165, 1.54) is 13.0 Å². The lowest BCUT2D eigenvalue weighted by Crippen LogP contribution is -2.28. The second-order valence-electron chi connectivity index (χ2n) is 3.90. The van der Waals surface area contributed by atoms with Gasteiger partial charge in [-0.2, -0.15) is 0 Å². The highest BCUT2D eigenvalue weighted by molar-refractivity contribution is 6.25. The highest BCUT2D eigenvalue weighted by atomic mass is 16.2. The number of carbonyl (C=O) groups is 4. The molecule has 90 valence electrons. The molecule has 0 aromatic heterocycles. The third-order valence-electron chi connectivity index (χ3n) is 2.62. The fraction of sp³-hybridized carbons (Fsp3) is 0.385. The van der Waals surface area contributed by atoms with E-state index in [1.54, 1.807) is 6.92 Å². The Morgan fingerprint density at radius 2 is 1.94 bits per heavy atom. The van der Waals surface area contributed by atoms with Crippen molar-refractivity contribution in [2.75, 3.05) is 0 Å². The van der Waals surface area contributed by atoms with E-state index in [2.05, 4.69) is 0 Å². The Labute approximate surface area is 99.4 Å². The molecular weight excluding hydrogens is 220 g/mol. The Hall–Kier alpha value is -1.84. The molecule has 0 aromatic rings. The van der Waals surface area contributed by atoms with E-state index in [0.717, 1.165) is 12.2 Å². The standard InChI is InChI=1S/C13H14O4/c1-3-9-7-12(17)13(8(2)14)11(16)6-4-5-10(9)15/h4,6-7,13H,3,5H2,1-2H3/b6-4+,9-7-. The molecule has 1 aliphatic rings. The molecule has 0 spiro atoms. The van der Waals surface area contributed by atoms with Gasteiger partial charge in [0.2, 0.25) is 0 Å². The van der Waals surface area contributed by atoms with Crippen molar-refractivity contribution in [3.8, 4) is 0 Å². The van der Waals surface area contributed by atoms with Crippen molar-refractivity contribution < 1.29 is 19.2 Å². The number of allylic oxidation sites excluding steroid dienone is 4. The van der Waals surface area contributed by atoms with E-state index in [4.69, 9.17) is 0 Å². The first-order valence-electron chi connectivity index (χ1n) is 5.45. The van der Waals surface area contributed by atoms with E-state index in [0.29, 0.717) is 12.0 Å². The summed E-state index contributed by atoms with van der Waals surface area (Å²) in [5.41, 5.74) is 0.362. The summed E-state index contributed by atoms with van der Waals surface area (Å²) >= 11 is 0. The summed E-state index contributed by atoms with van der Waals surface area (Å²) in [4.78, 5) is 46.3. The van der Waals surface area contributed by atoms with Crippen LogP contribution in [0.25, 0.3) is 0 Å². The largest absolute Gasteiger partial charge is 0.299 e. The normalized spacial score (nSPS) is 26.6. The number of rotatable bonds is 2.